The number of rotatable bonds is 16. The van der Waals surface area contributed by atoms with Crippen LogP contribution in [0.15, 0.2) is 30.3 Å². The lowest BCUT2D eigenvalue weighted by atomic mass is 9.70. The molecule has 1 saturated heterocycles. The number of carbonyl (C=O) groups is 3. The number of ketones is 1. The molecule has 1 aliphatic rings. The van der Waals surface area contributed by atoms with E-state index >= 15 is 0 Å². The lowest BCUT2D eigenvalue weighted by molar-refractivity contribution is -0.305. The van der Waals surface area contributed by atoms with Crippen LogP contribution in [0.5, 0.6) is 0 Å². The highest BCUT2D eigenvalue weighted by atomic mass is 19.4. The molecule has 0 aliphatic carbocycles. The van der Waals surface area contributed by atoms with Crippen LogP contribution in [0.4, 0.5) is 13.2 Å². The zero-order valence-electron chi connectivity index (χ0n) is 27.7. The predicted octanol–water partition coefficient (Wildman–Crippen LogP) is 7.82. The van der Waals surface area contributed by atoms with Gasteiger partial charge >= 0.3 is 18.1 Å². The Bertz CT molecular complexity index is 1100. The van der Waals surface area contributed by atoms with Gasteiger partial charge in [-0.2, -0.15) is 18.2 Å². The average Bonchev–Trinajstić information content (AvgIpc) is 2.98. The monoisotopic (exact) mass is 627 g/mol. The second-order valence-corrected chi connectivity index (χ2v) is 13.2. The number of alkyl halides is 3. The molecule has 1 heterocycles. The van der Waals surface area contributed by atoms with Crippen molar-refractivity contribution >= 4 is 17.7 Å². The fourth-order valence-corrected chi connectivity index (χ4v) is 6.08. The minimum absolute atomic E-state index is 0.1000. The second-order valence-electron chi connectivity index (χ2n) is 13.2. The van der Waals surface area contributed by atoms with Crippen molar-refractivity contribution in [1.29, 1.82) is 0 Å². The first kappa shape index (κ1) is 37.7. The summed E-state index contributed by atoms with van der Waals surface area (Å²) in [4.78, 5) is 46.4. The zero-order valence-corrected chi connectivity index (χ0v) is 27.7. The smallest absolute Gasteiger partial charge is 0.422 e. The van der Waals surface area contributed by atoms with Crippen LogP contribution in [-0.2, 0) is 28.7 Å². The molecule has 7 nitrogen and oxygen atoms in total. The molecule has 6 unspecified atom stereocenters. The van der Waals surface area contributed by atoms with Gasteiger partial charge in [-0.05, 0) is 64.4 Å². The van der Waals surface area contributed by atoms with E-state index in [-0.39, 0.29) is 43.7 Å². The van der Waals surface area contributed by atoms with E-state index in [2.05, 4.69) is 0 Å². The first-order valence-electron chi connectivity index (χ1n) is 15.9. The van der Waals surface area contributed by atoms with Gasteiger partial charge in [0.15, 0.2) is 6.61 Å². The van der Waals surface area contributed by atoms with Crippen molar-refractivity contribution in [2.45, 2.75) is 124 Å². The average molecular weight is 628 g/mol. The third kappa shape index (κ3) is 9.52. The summed E-state index contributed by atoms with van der Waals surface area (Å²) in [7, 11) is 0. The minimum Gasteiger partial charge on any atom is -0.465 e. The van der Waals surface area contributed by atoms with E-state index in [0.717, 1.165) is 12.0 Å². The molecule has 2 rings (SSSR count). The number of benzene rings is 1. The number of carbonyl (C=O) groups excluding carboxylic acids is 3. The van der Waals surface area contributed by atoms with Crippen LogP contribution < -0.4 is 0 Å². The third-order valence-corrected chi connectivity index (χ3v) is 9.55. The fourth-order valence-electron chi connectivity index (χ4n) is 6.08. The number of hydrogen-bond acceptors (Lipinski definition) is 7. The second kappa shape index (κ2) is 15.7. The number of Topliss-reactive ketones (excluding diaryl/α,β-unsaturated/α-hetero) is 1. The standard InChI is InChI=1S/C34H52F3NO6/c1-9-12-18-42-29(40)27(19-24(4)26-16-14-13-15-17-26)20-31(6,30(41)43-23-34(35,36)37)22-44-38-32(7,10-2)21-28(39)25(5)33(38,8)11-3/h13-17,24-25,27H,9-12,18-23H2,1-8H3. The molecule has 1 aromatic rings. The number of hydroxylamine groups is 2. The van der Waals surface area contributed by atoms with Gasteiger partial charge in [0.25, 0.3) is 0 Å². The Morgan fingerprint density at radius 1 is 1.05 bits per heavy atom. The highest BCUT2D eigenvalue weighted by Crippen LogP contribution is 2.45. The summed E-state index contributed by atoms with van der Waals surface area (Å²) in [5.74, 6) is -2.79. The summed E-state index contributed by atoms with van der Waals surface area (Å²) < 4.78 is 49.9. The van der Waals surface area contributed by atoms with Gasteiger partial charge < -0.3 is 9.47 Å². The summed E-state index contributed by atoms with van der Waals surface area (Å²) in [6.07, 6.45) is -1.71. The van der Waals surface area contributed by atoms with Gasteiger partial charge in [0, 0.05) is 12.3 Å². The van der Waals surface area contributed by atoms with Crippen LogP contribution in [0.3, 0.4) is 0 Å². The molecule has 0 bridgehead atoms. The maximum atomic E-state index is 13.5. The fraction of sp³-hybridized carbons (Fsp3) is 0.735. The number of nitrogens with zero attached hydrogens (tertiary/aromatic N) is 1. The topological polar surface area (TPSA) is 82.1 Å². The van der Waals surface area contributed by atoms with Gasteiger partial charge in [-0.3, -0.25) is 19.2 Å². The Morgan fingerprint density at radius 2 is 1.68 bits per heavy atom. The van der Waals surface area contributed by atoms with E-state index in [4.69, 9.17) is 14.3 Å². The molecule has 44 heavy (non-hydrogen) atoms. The zero-order chi connectivity index (χ0) is 33.3. The molecule has 6 atom stereocenters. The van der Waals surface area contributed by atoms with E-state index < -0.39 is 47.1 Å². The number of unbranched alkanes of at least 4 members (excludes halogenated alkanes) is 1. The molecule has 0 radical (unpaired) electrons. The molecule has 0 saturated carbocycles. The highest BCUT2D eigenvalue weighted by molar-refractivity contribution is 5.84. The minimum atomic E-state index is -4.72. The van der Waals surface area contributed by atoms with Crippen LogP contribution in [0.25, 0.3) is 0 Å². The Morgan fingerprint density at radius 3 is 2.23 bits per heavy atom. The molecular formula is C34H52F3NO6. The van der Waals surface area contributed by atoms with E-state index in [1.54, 1.807) is 5.06 Å². The Balaban J connectivity index is 2.48. The molecule has 250 valence electrons. The Labute approximate surface area is 261 Å². The van der Waals surface area contributed by atoms with Gasteiger partial charge in [0.05, 0.1) is 35.6 Å². The maximum Gasteiger partial charge on any atom is 0.422 e. The van der Waals surface area contributed by atoms with Gasteiger partial charge in [0.1, 0.15) is 5.78 Å². The van der Waals surface area contributed by atoms with Crippen molar-refractivity contribution in [2.75, 3.05) is 19.8 Å². The summed E-state index contributed by atoms with van der Waals surface area (Å²) in [6, 6.07) is 9.57. The SMILES string of the molecule is CCCCOC(=O)C(CC(C)c1ccccc1)CC(C)(CON1C(C)(CC)CC(=O)C(C)C1(C)CC)C(=O)OCC(F)(F)F. The number of halogens is 3. The molecule has 10 heteroatoms. The van der Waals surface area contributed by atoms with Crippen molar-refractivity contribution < 1.29 is 41.9 Å². The maximum absolute atomic E-state index is 13.5. The molecule has 0 aromatic heterocycles. The van der Waals surface area contributed by atoms with Crippen LogP contribution in [0, 0.1) is 17.3 Å². The normalized spacial score (nSPS) is 25.6. The molecule has 0 N–H and O–H groups in total. The van der Waals surface area contributed by atoms with Gasteiger partial charge in [-0.15, -0.1) is 0 Å². The van der Waals surface area contributed by atoms with Gasteiger partial charge in [-0.1, -0.05) is 71.4 Å². The van der Waals surface area contributed by atoms with E-state index in [0.29, 0.717) is 25.7 Å². The van der Waals surface area contributed by atoms with E-state index in [1.807, 2.05) is 78.8 Å². The summed E-state index contributed by atoms with van der Waals surface area (Å²) in [5, 5.41) is 1.78. The van der Waals surface area contributed by atoms with E-state index in [1.165, 1.54) is 6.92 Å². The number of esters is 2. The van der Waals surface area contributed by atoms with Crippen LogP contribution >= 0.6 is 0 Å². The lowest BCUT2D eigenvalue weighted by Gasteiger charge is -2.56. The Kier molecular flexibility index (Phi) is 13.5. The summed E-state index contributed by atoms with van der Waals surface area (Å²) >= 11 is 0. The lowest BCUT2D eigenvalue weighted by Crippen LogP contribution is -2.67. The molecule has 1 aromatic carbocycles. The van der Waals surface area contributed by atoms with Gasteiger partial charge in [-0.25, -0.2) is 0 Å². The molecule has 1 fully saturated rings. The third-order valence-electron chi connectivity index (χ3n) is 9.55. The molecule has 0 amide bonds. The van der Waals surface area contributed by atoms with Crippen molar-refractivity contribution in [3.63, 3.8) is 0 Å². The van der Waals surface area contributed by atoms with Crippen LogP contribution in [-0.4, -0.2) is 59.9 Å². The largest absolute Gasteiger partial charge is 0.465 e. The summed E-state index contributed by atoms with van der Waals surface area (Å²) in [6.45, 7) is 13.1. The quantitative estimate of drug-likeness (QED) is 0.137. The predicted molar refractivity (Wildman–Crippen MR) is 163 cm³/mol. The van der Waals surface area contributed by atoms with Crippen LogP contribution in [0.1, 0.15) is 112 Å². The number of piperidine rings is 1. The molecular weight excluding hydrogens is 575 g/mol. The van der Waals surface area contributed by atoms with Gasteiger partial charge in [0.2, 0.25) is 0 Å². The van der Waals surface area contributed by atoms with Crippen molar-refractivity contribution in [3.05, 3.63) is 35.9 Å². The summed E-state index contributed by atoms with van der Waals surface area (Å²) in [5.41, 5.74) is -2.08. The van der Waals surface area contributed by atoms with Crippen LogP contribution in [0.2, 0.25) is 0 Å². The molecule has 1 aliphatic heterocycles. The Hall–Kier alpha value is -2.46. The number of ether oxygens (including phenoxy) is 2. The highest BCUT2D eigenvalue weighted by Gasteiger charge is 2.54. The number of hydrogen-bond donors (Lipinski definition) is 0. The first-order chi connectivity index (χ1) is 20.5. The van der Waals surface area contributed by atoms with Crippen molar-refractivity contribution in [2.24, 2.45) is 17.3 Å². The van der Waals surface area contributed by atoms with Crippen molar-refractivity contribution in [3.8, 4) is 0 Å². The van der Waals surface area contributed by atoms with Crippen molar-refractivity contribution in [1.82, 2.24) is 5.06 Å². The first-order valence-corrected chi connectivity index (χ1v) is 15.9. The molecule has 0 spiro atoms. The van der Waals surface area contributed by atoms with E-state index in [9.17, 15) is 27.6 Å².